The Morgan fingerprint density at radius 2 is 2.31 bits per heavy atom. The standard InChI is InChI=1S/C7H6BrF2NO2/c8-5-2-11-6(13-7(9)10)1-4(5)3-12/h1-2,7,12H,3H2. The van der Waals surface area contributed by atoms with Crippen molar-refractivity contribution in [3.05, 3.63) is 22.3 Å². The number of hydrogen-bond acceptors (Lipinski definition) is 3. The molecule has 0 aliphatic rings. The van der Waals surface area contributed by atoms with Crippen molar-refractivity contribution in [3.8, 4) is 5.88 Å². The van der Waals surface area contributed by atoms with Crippen LogP contribution >= 0.6 is 15.9 Å². The molecule has 0 saturated carbocycles. The number of ether oxygens (including phenoxy) is 1. The third-order valence-electron chi connectivity index (χ3n) is 1.29. The van der Waals surface area contributed by atoms with Gasteiger partial charge in [-0.05, 0) is 21.5 Å². The number of aromatic nitrogens is 1. The van der Waals surface area contributed by atoms with E-state index in [1.165, 1.54) is 12.3 Å². The van der Waals surface area contributed by atoms with E-state index in [2.05, 4.69) is 25.7 Å². The van der Waals surface area contributed by atoms with Crippen LogP contribution in [0, 0.1) is 0 Å². The van der Waals surface area contributed by atoms with Crippen molar-refractivity contribution in [3.63, 3.8) is 0 Å². The smallest absolute Gasteiger partial charge is 0.388 e. The molecule has 1 heterocycles. The van der Waals surface area contributed by atoms with Crippen LogP contribution in [0.4, 0.5) is 8.78 Å². The molecule has 0 amide bonds. The van der Waals surface area contributed by atoms with Gasteiger partial charge >= 0.3 is 6.61 Å². The minimum atomic E-state index is -2.90. The summed E-state index contributed by atoms with van der Waals surface area (Å²) < 4.78 is 28.0. The van der Waals surface area contributed by atoms with Gasteiger partial charge in [0.25, 0.3) is 0 Å². The molecule has 0 unspecified atom stereocenters. The predicted octanol–water partition coefficient (Wildman–Crippen LogP) is 1.94. The average Bonchev–Trinajstić information content (AvgIpc) is 2.07. The maximum absolute atomic E-state index is 11.7. The number of halogens is 3. The van der Waals surface area contributed by atoms with Gasteiger partial charge in [-0.15, -0.1) is 0 Å². The predicted molar refractivity (Wildman–Crippen MR) is 44.5 cm³/mol. The first-order chi connectivity index (χ1) is 6.13. The molecule has 1 rings (SSSR count). The van der Waals surface area contributed by atoms with Crippen molar-refractivity contribution in [1.29, 1.82) is 0 Å². The third kappa shape index (κ3) is 2.89. The minimum Gasteiger partial charge on any atom is -0.417 e. The molecule has 1 N–H and O–H groups in total. The molecule has 1 aromatic rings. The largest absolute Gasteiger partial charge is 0.417 e. The van der Waals surface area contributed by atoms with Crippen LogP contribution in [0.2, 0.25) is 0 Å². The first-order valence-corrected chi connectivity index (χ1v) is 4.13. The fourth-order valence-corrected chi connectivity index (χ4v) is 1.08. The summed E-state index contributed by atoms with van der Waals surface area (Å²) >= 11 is 3.09. The highest BCUT2D eigenvalue weighted by molar-refractivity contribution is 9.10. The molecule has 0 radical (unpaired) electrons. The molecule has 0 fully saturated rings. The van der Waals surface area contributed by atoms with Gasteiger partial charge in [-0.2, -0.15) is 8.78 Å². The van der Waals surface area contributed by atoms with E-state index in [4.69, 9.17) is 5.11 Å². The Balaban J connectivity index is 2.86. The van der Waals surface area contributed by atoms with Gasteiger partial charge in [0.15, 0.2) is 0 Å². The van der Waals surface area contributed by atoms with Gasteiger partial charge in [0.2, 0.25) is 5.88 Å². The summed E-state index contributed by atoms with van der Waals surface area (Å²) in [6, 6.07) is 1.25. The molecule has 1 aromatic heterocycles. The number of aliphatic hydroxyl groups is 1. The summed E-state index contributed by atoms with van der Waals surface area (Å²) in [5, 5.41) is 8.78. The van der Waals surface area contributed by atoms with Crippen LogP contribution in [0.1, 0.15) is 5.56 Å². The Hall–Kier alpha value is -0.750. The summed E-state index contributed by atoms with van der Waals surface area (Å²) in [6.07, 6.45) is 1.29. The number of rotatable bonds is 3. The van der Waals surface area contributed by atoms with Crippen LogP contribution in [0.15, 0.2) is 16.7 Å². The molecule has 6 heteroatoms. The zero-order valence-electron chi connectivity index (χ0n) is 6.38. The fourth-order valence-electron chi connectivity index (χ4n) is 0.735. The average molecular weight is 254 g/mol. The maximum atomic E-state index is 11.7. The van der Waals surface area contributed by atoms with Gasteiger partial charge < -0.3 is 9.84 Å². The van der Waals surface area contributed by atoms with Crippen LogP contribution in [0.5, 0.6) is 5.88 Å². The summed E-state index contributed by atoms with van der Waals surface area (Å²) in [4.78, 5) is 3.57. The molecule has 0 aliphatic carbocycles. The summed E-state index contributed by atoms with van der Waals surface area (Å²) in [6.45, 7) is -3.16. The minimum absolute atomic E-state index is 0.206. The molecule has 72 valence electrons. The van der Waals surface area contributed by atoms with E-state index in [0.717, 1.165) is 0 Å². The number of pyridine rings is 1. The highest BCUT2D eigenvalue weighted by Gasteiger charge is 2.07. The normalized spacial score (nSPS) is 10.5. The molecule has 0 saturated heterocycles. The van der Waals surface area contributed by atoms with Crippen molar-refractivity contribution >= 4 is 15.9 Å². The van der Waals surface area contributed by atoms with Crippen molar-refractivity contribution in [2.24, 2.45) is 0 Å². The van der Waals surface area contributed by atoms with Crippen molar-refractivity contribution < 1.29 is 18.6 Å². The van der Waals surface area contributed by atoms with E-state index in [-0.39, 0.29) is 12.5 Å². The number of aliphatic hydroxyl groups excluding tert-OH is 1. The molecular formula is C7H6BrF2NO2. The van der Waals surface area contributed by atoms with E-state index < -0.39 is 6.61 Å². The second-order valence-corrected chi connectivity index (χ2v) is 3.00. The molecule has 0 spiro atoms. The van der Waals surface area contributed by atoms with Gasteiger partial charge in [0, 0.05) is 16.7 Å². The van der Waals surface area contributed by atoms with Crippen LogP contribution in [0.25, 0.3) is 0 Å². The SMILES string of the molecule is OCc1cc(OC(F)F)ncc1Br. The van der Waals surface area contributed by atoms with E-state index in [1.54, 1.807) is 0 Å². The molecule has 0 aliphatic heterocycles. The number of alkyl halides is 2. The lowest BCUT2D eigenvalue weighted by Crippen LogP contribution is -2.04. The lowest BCUT2D eigenvalue weighted by Gasteiger charge is -2.05. The Morgan fingerprint density at radius 1 is 1.62 bits per heavy atom. The van der Waals surface area contributed by atoms with Gasteiger partial charge in [-0.1, -0.05) is 0 Å². The summed E-state index contributed by atoms with van der Waals surface area (Å²) in [7, 11) is 0. The zero-order chi connectivity index (χ0) is 9.84. The van der Waals surface area contributed by atoms with E-state index in [9.17, 15) is 8.78 Å². The van der Waals surface area contributed by atoms with E-state index in [0.29, 0.717) is 10.0 Å². The summed E-state index contributed by atoms with van der Waals surface area (Å²) in [5.74, 6) is -0.206. The van der Waals surface area contributed by atoms with Gasteiger partial charge in [-0.3, -0.25) is 0 Å². The molecule has 0 aromatic carbocycles. The second-order valence-electron chi connectivity index (χ2n) is 2.15. The quantitative estimate of drug-likeness (QED) is 0.896. The van der Waals surface area contributed by atoms with E-state index >= 15 is 0 Å². The Bertz CT molecular complexity index is 296. The van der Waals surface area contributed by atoms with Gasteiger partial charge in [0.05, 0.1) is 6.61 Å². The lowest BCUT2D eigenvalue weighted by atomic mass is 10.3. The van der Waals surface area contributed by atoms with Crippen LogP contribution in [-0.2, 0) is 6.61 Å². The first-order valence-electron chi connectivity index (χ1n) is 3.33. The highest BCUT2D eigenvalue weighted by Crippen LogP contribution is 2.20. The number of hydrogen-bond donors (Lipinski definition) is 1. The van der Waals surface area contributed by atoms with Gasteiger partial charge in [0.1, 0.15) is 0 Å². The highest BCUT2D eigenvalue weighted by atomic mass is 79.9. The topological polar surface area (TPSA) is 42.4 Å². The van der Waals surface area contributed by atoms with Crippen molar-refractivity contribution in [2.45, 2.75) is 13.2 Å². The van der Waals surface area contributed by atoms with Crippen LogP contribution in [0.3, 0.4) is 0 Å². The molecular weight excluding hydrogens is 248 g/mol. The Kier molecular flexibility index (Phi) is 3.56. The molecule has 0 atom stereocenters. The Labute approximate surface area is 81.5 Å². The Morgan fingerprint density at radius 3 is 2.85 bits per heavy atom. The maximum Gasteiger partial charge on any atom is 0.388 e. The molecule has 3 nitrogen and oxygen atoms in total. The first kappa shape index (κ1) is 10.3. The second kappa shape index (κ2) is 4.48. The fraction of sp³-hybridized carbons (Fsp3) is 0.286. The van der Waals surface area contributed by atoms with Crippen molar-refractivity contribution in [2.75, 3.05) is 0 Å². The third-order valence-corrected chi connectivity index (χ3v) is 2.00. The lowest BCUT2D eigenvalue weighted by molar-refractivity contribution is -0.0529. The molecule has 0 bridgehead atoms. The van der Waals surface area contributed by atoms with Crippen LogP contribution < -0.4 is 4.74 Å². The zero-order valence-corrected chi connectivity index (χ0v) is 7.96. The van der Waals surface area contributed by atoms with Crippen molar-refractivity contribution in [1.82, 2.24) is 4.98 Å². The van der Waals surface area contributed by atoms with E-state index in [1.807, 2.05) is 0 Å². The number of nitrogens with zero attached hydrogens (tertiary/aromatic N) is 1. The van der Waals surface area contributed by atoms with Crippen LogP contribution in [-0.4, -0.2) is 16.7 Å². The summed E-state index contributed by atoms with van der Waals surface area (Å²) in [5.41, 5.74) is 0.450. The monoisotopic (exact) mass is 253 g/mol. The van der Waals surface area contributed by atoms with Gasteiger partial charge in [-0.25, -0.2) is 4.98 Å². The molecule has 13 heavy (non-hydrogen) atoms.